The summed E-state index contributed by atoms with van der Waals surface area (Å²) in [5.74, 6) is 3.42. The molecule has 0 fully saturated rings. The van der Waals surface area contributed by atoms with Crippen molar-refractivity contribution in [1.82, 2.24) is 5.32 Å². The van der Waals surface area contributed by atoms with Gasteiger partial charge in [-0.1, -0.05) is 19.8 Å². The van der Waals surface area contributed by atoms with Crippen LogP contribution in [-0.2, 0) is 9.53 Å². The highest BCUT2D eigenvalue weighted by molar-refractivity contribution is 5.97. The molecule has 1 aromatic rings. The van der Waals surface area contributed by atoms with Crippen molar-refractivity contribution < 1.29 is 23.5 Å². The SMILES string of the molecule is CC#CCOc1ccc(C(=O)NC(C(=O)OC)C(C)C)c(F)c1. The predicted molar refractivity (Wildman–Crippen MR) is 83.5 cm³/mol. The Kier molecular flexibility index (Phi) is 7.07. The summed E-state index contributed by atoms with van der Waals surface area (Å²) in [5.41, 5.74) is -0.173. The summed E-state index contributed by atoms with van der Waals surface area (Å²) in [7, 11) is 1.23. The van der Waals surface area contributed by atoms with Crippen LogP contribution < -0.4 is 10.1 Å². The van der Waals surface area contributed by atoms with Crippen LogP contribution in [0.5, 0.6) is 5.75 Å². The number of methoxy groups -OCH3 is 1. The van der Waals surface area contributed by atoms with Crippen molar-refractivity contribution in [2.75, 3.05) is 13.7 Å². The summed E-state index contributed by atoms with van der Waals surface area (Å²) in [6.45, 7) is 5.32. The Hall–Kier alpha value is -2.55. The van der Waals surface area contributed by atoms with Crippen LogP contribution in [0.3, 0.4) is 0 Å². The largest absolute Gasteiger partial charge is 0.481 e. The van der Waals surface area contributed by atoms with Crippen molar-refractivity contribution in [2.45, 2.75) is 26.8 Å². The number of nitrogens with one attached hydrogen (secondary N) is 1. The number of hydrogen-bond acceptors (Lipinski definition) is 4. The highest BCUT2D eigenvalue weighted by Gasteiger charge is 2.26. The minimum absolute atomic E-state index is 0.138. The van der Waals surface area contributed by atoms with Crippen molar-refractivity contribution in [3.8, 4) is 17.6 Å². The van der Waals surface area contributed by atoms with Gasteiger partial charge < -0.3 is 14.8 Å². The number of amides is 1. The van der Waals surface area contributed by atoms with Gasteiger partial charge in [-0.25, -0.2) is 9.18 Å². The van der Waals surface area contributed by atoms with Crippen LogP contribution in [0.25, 0.3) is 0 Å². The summed E-state index contributed by atoms with van der Waals surface area (Å²) in [6.07, 6.45) is 0. The number of rotatable bonds is 6. The fourth-order valence-corrected chi connectivity index (χ4v) is 1.81. The Bertz CT molecular complexity index is 631. The van der Waals surface area contributed by atoms with Gasteiger partial charge in [0.05, 0.1) is 12.7 Å². The van der Waals surface area contributed by atoms with Crippen LogP contribution in [0.15, 0.2) is 18.2 Å². The van der Waals surface area contributed by atoms with Crippen LogP contribution in [0.4, 0.5) is 4.39 Å². The first-order valence-electron chi connectivity index (χ1n) is 7.11. The van der Waals surface area contributed by atoms with Crippen LogP contribution in [0.1, 0.15) is 31.1 Å². The maximum absolute atomic E-state index is 14.1. The molecule has 1 N–H and O–H groups in total. The van der Waals surface area contributed by atoms with E-state index in [1.807, 2.05) is 0 Å². The van der Waals surface area contributed by atoms with Crippen molar-refractivity contribution in [1.29, 1.82) is 0 Å². The standard InChI is InChI=1S/C17H20FNO4/c1-5-6-9-23-12-7-8-13(14(18)10-12)16(20)19-15(11(2)3)17(21)22-4/h7-8,10-11,15H,9H2,1-4H3,(H,19,20). The van der Waals surface area contributed by atoms with Crippen molar-refractivity contribution in [3.63, 3.8) is 0 Å². The maximum atomic E-state index is 14.1. The molecule has 1 atom stereocenters. The monoisotopic (exact) mass is 321 g/mol. The molecule has 1 rings (SSSR count). The molecule has 1 amide bonds. The number of esters is 1. The smallest absolute Gasteiger partial charge is 0.328 e. The second kappa shape index (κ2) is 8.79. The molecular formula is C17H20FNO4. The molecule has 0 radical (unpaired) electrons. The fourth-order valence-electron chi connectivity index (χ4n) is 1.81. The van der Waals surface area contributed by atoms with E-state index in [9.17, 15) is 14.0 Å². The van der Waals surface area contributed by atoms with Crippen LogP contribution in [0, 0.1) is 23.6 Å². The number of ether oxygens (including phenoxy) is 2. The highest BCUT2D eigenvalue weighted by Crippen LogP contribution is 2.17. The normalized spacial score (nSPS) is 11.2. The quantitative estimate of drug-likeness (QED) is 0.644. The minimum Gasteiger partial charge on any atom is -0.481 e. The maximum Gasteiger partial charge on any atom is 0.328 e. The average Bonchev–Trinajstić information content (AvgIpc) is 2.51. The van der Waals surface area contributed by atoms with Crippen molar-refractivity contribution in [2.24, 2.45) is 5.92 Å². The zero-order chi connectivity index (χ0) is 17.4. The van der Waals surface area contributed by atoms with Crippen LogP contribution in [-0.4, -0.2) is 31.6 Å². The number of carbonyl (C=O) groups excluding carboxylic acids is 2. The summed E-state index contributed by atoms with van der Waals surface area (Å²) >= 11 is 0. The van der Waals surface area contributed by atoms with E-state index in [1.54, 1.807) is 20.8 Å². The van der Waals surface area contributed by atoms with E-state index in [2.05, 4.69) is 21.9 Å². The van der Waals surface area contributed by atoms with Gasteiger partial charge in [-0.05, 0) is 25.0 Å². The van der Waals surface area contributed by atoms with Gasteiger partial charge in [-0.3, -0.25) is 4.79 Å². The second-order valence-corrected chi connectivity index (χ2v) is 5.08. The number of halogens is 1. The predicted octanol–water partition coefficient (Wildman–Crippen LogP) is 2.16. The molecular weight excluding hydrogens is 301 g/mol. The lowest BCUT2D eigenvalue weighted by atomic mass is 10.0. The first-order chi connectivity index (χ1) is 10.9. The molecule has 1 aromatic carbocycles. The third-order valence-corrected chi connectivity index (χ3v) is 3.08. The molecule has 0 bridgehead atoms. The third-order valence-electron chi connectivity index (χ3n) is 3.08. The number of benzene rings is 1. The first kappa shape index (κ1) is 18.5. The Morgan fingerprint density at radius 3 is 2.57 bits per heavy atom. The molecule has 0 aliphatic rings. The van der Waals surface area contributed by atoms with Crippen molar-refractivity contribution >= 4 is 11.9 Å². The zero-order valence-electron chi connectivity index (χ0n) is 13.6. The molecule has 6 heteroatoms. The van der Waals surface area contributed by atoms with Gasteiger partial charge in [0.1, 0.15) is 24.2 Å². The van der Waals surface area contributed by atoms with E-state index in [4.69, 9.17) is 4.74 Å². The van der Waals surface area contributed by atoms with Gasteiger partial charge >= 0.3 is 5.97 Å². The molecule has 0 aliphatic carbocycles. The van der Waals surface area contributed by atoms with Gasteiger partial charge in [-0.2, -0.15) is 0 Å². The molecule has 1 unspecified atom stereocenters. The Balaban J connectivity index is 2.86. The summed E-state index contributed by atoms with van der Waals surface area (Å²) in [4.78, 5) is 23.8. The van der Waals surface area contributed by atoms with Crippen molar-refractivity contribution in [3.05, 3.63) is 29.6 Å². The van der Waals surface area contributed by atoms with E-state index >= 15 is 0 Å². The molecule has 0 saturated carbocycles. The van der Waals surface area contributed by atoms with E-state index in [0.717, 1.165) is 6.07 Å². The summed E-state index contributed by atoms with van der Waals surface area (Å²) in [5, 5.41) is 2.48. The molecule has 0 heterocycles. The Labute approximate surface area is 135 Å². The topological polar surface area (TPSA) is 64.6 Å². The molecule has 23 heavy (non-hydrogen) atoms. The molecule has 0 saturated heterocycles. The van der Waals surface area contributed by atoms with Gasteiger partial charge in [0.25, 0.3) is 5.91 Å². The summed E-state index contributed by atoms with van der Waals surface area (Å²) in [6, 6.07) is 3.03. The number of carbonyl (C=O) groups is 2. The lowest BCUT2D eigenvalue weighted by molar-refractivity contribution is -0.144. The molecule has 0 aromatic heterocycles. The lowest BCUT2D eigenvalue weighted by Gasteiger charge is -2.20. The van der Waals surface area contributed by atoms with Gasteiger partial charge in [0.15, 0.2) is 0 Å². The van der Waals surface area contributed by atoms with E-state index in [-0.39, 0.29) is 23.8 Å². The first-order valence-corrected chi connectivity index (χ1v) is 7.11. The number of hydrogen-bond donors (Lipinski definition) is 1. The van der Waals surface area contributed by atoms with Gasteiger partial charge in [0, 0.05) is 6.07 Å². The van der Waals surface area contributed by atoms with E-state index in [0.29, 0.717) is 0 Å². The molecule has 0 spiro atoms. The second-order valence-electron chi connectivity index (χ2n) is 5.08. The van der Waals surface area contributed by atoms with E-state index in [1.165, 1.54) is 19.2 Å². The minimum atomic E-state index is -0.845. The third kappa shape index (κ3) is 5.29. The van der Waals surface area contributed by atoms with Gasteiger partial charge in [-0.15, -0.1) is 5.92 Å². The van der Waals surface area contributed by atoms with Crippen LogP contribution in [0.2, 0.25) is 0 Å². The molecule has 5 nitrogen and oxygen atoms in total. The highest BCUT2D eigenvalue weighted by atomic mass is 19.1. The molecule has 124 valence electrons. The summed E-state index contributed by atoms with van der Waals surface area (Å²) < 4.78 is 23.9. The Morgan fingerprint density at radius 2 is 2.04 bits per heavy atom. The van der Waals surface area contributed by atoms with Gasteiger partial charge in [0.2, 0.25) is 0 Å². The zero-order valence-corrected chi connectivity index (χ0v) is 13.6. The fraction of sp³-hybridized carbons (Fsp3) is 0.412. The van der Waals surface area contributed by atoms with E-state index < -0.39 is 23.7 Å². The van der Waals surface area contributed by atoms with Crippen LogP contribution >= 0.6 is 0 Å². The average molecular weight is 321 g/mol. The lowest BCUT2D eigenvalue weighted by Crippen LogP contribution is -2.45. The Morgan fingerprint density at radius 1 is 1.35 bits per heavy atom. The molecule has 0 aliphatic heterocycles.